The van der Waals surface area contributed by atoms with Crippen molar-refractivity contribution in [3.05, 3.63) is 59.2 Å². The number of para-hydroxylation sites is 1. The number of methoxy groups -OCH3 is 1. The highest BCUT2D eigenvalue weighted by molar-refractivity contribution is 6.33. The van der Waals surface area contributed by atoms with Gasteiger partial charge in [0.15, 0.2) is 0 Å². The summed E-state index contributed by atoms with van der Waals surface area (Å²) in [6.07, 6.45) is 4.02. The van der Waals surface area contributed by atoms with Crippen LogP contribution in [0.2, 0.25) is 5.02 Å². The van der Waals surface area contributed by atoms with E-state index < -0.39 is 0 Å². The second kappa shape index (κ2) is 8.15. The molecule has 28 heavy (non-hydrogen) atoms. The SMILES string of the molecule is COc1ccc2[nH]cc(C3CCN(C(=O)CNc4ccccc4Cl)CC3)c2c1. The Labute approximate surface area is 169 Å². The molecule has 3 aromatic rings. The number of hydrogen-bond donors (Lipinski definition) is 2. The number of benzene rings is 2. The summed E-state index contributed by atoms with van der Waals surface area (Å²) in [6, 6.07) is 13.6. The number of aromatic nitrogens is 1. The van der Waals surface area contributed by atoms with E-state index in [-0.39, 0.29) is 12.5 Å². The topological polar surface area (TPSA) is 57.4 Å². The second-order valence-electron chi connectivity index (χ2n) is 7.14. The average molecular weight is 398 g/mol. The van der Waals surface area contributed by atoms with Crippen LogP contribution in [0.3, 0.4) is 0 Å². The minimum absolute atomic E-state index is 0.110. The number of piperidine rings is 1. The molecule has 1 aliphatic heterocycles. The molecule has 1 amide bonds. The van der Waals surface area contributed by atoms with Gasteiger partial charge in [-0.1, -0.05) is 23.7 Å². The summed E-state index contributed by atoms with van der Waals surface area (Å²) in [4.78, 5) is 17.9. The number of ether oxygens (including phenoxy) is 1. The highest BCUT2D eigenvalue weighted by Gasteiger charge is 2.25. The third-order valence-electron chi connectivity index (χ3n) is 5.51. The maximum absolute atomic E-state index is 12.6. The molecule has 0 atom stereocenters. The smallest absolute Gasteiger partial charge is 0.241 e. The molecule has 0 saturated carbocycles. The fraction of sp³-hybridized carbons (Fsp3) is 0.318. The number of aromatic amines is 1. The van der Waals surface area contributed by atoms with E-state index >= 15 is 0 Å². The lowest BCUT2D eigenvalue weighted by molar-refractivity contribution is -0.130. The van der Waals surface area contributed by atoms with Gasteiger partial charge in [-0.25, -0.2) is 0 Å². The zero-order valence-corrected chi connectivity index (χ0v) is 16.6. The van der Waals surface area contributed by atoms with Gasteiger partial charge in [0.1, 0.15) is 5.75 Å². The van der Waals surface area contributed by atoms with Gasteiger partial charge in [-0.3, -0.25) is 4.79 Å². The zero-order chi connectivity index (χ0) is 19.5. The molecule has 1 aromatic heterocycles. The molecule has 2 aromatic carbocycles. The number of hydrogen-bond acceptors (Lipinski definition) is 3. The van der Waals surface area contributed by atoms with Crippen LogP contribution in [0.25, 0.3) is 10.9 Å². The molecule has 5 nitrogen and oxygen atoms in total. The van der Waals surface area contributed by atoms with Crippen LogP contribution in [0.4, 0.5) is 5.69 Å². The predicted molar refractivity (Wildman–Crippen MR) is 113 cm³/mol. The highest BCUT2D eigenvalue weighted by atomic mass is 35.5. The largest absolute Gasteiger partial charge is 0.497 e. The first kappa shape index (κ1) is 18.7. The van der Waals surface area contributed by atoms with Gasteiger partial charge in [-0.15, -0.1) is 0 Å². The van der Waals surface area contributed by atoms with Crippen molar-refractivity contribution < 1.29 is 9.53 Å². The van der Waals surface area contributed by atoms with Gasteiger partial charge in [0.25, 0.3) is 0 Å². The number of nitrogens with one attached hydrogen (secondary N) is 2. The van der Waals surface area contributed by atoms with E-state index in [1.807, 2.05) is 35.2 Å². The van der Waals surface area contributed by atoms with Crippen LogP contribution >= 0.6 is 11.6 Å². The Hall–Kier alpha value is -2.66. The molecule has 0 radical (unpaired) electrons. The Kier molecular flexibility index (Phi) is 5.44. The van der Waals surface area contributed by atoms with E-state index in [1.165, 1.54) is 10.9 Å². The van der Waals surface area contributed by atoms with Crippen molar-refractivity contribution in [2.24, 2.45) is 0 Å². The van der Waals surface area contributed by atoms with E-state index in [0.29, 0.717) is 10.9 Å². The molecule has 2 heterocycles. The molecule has 6 heteroatoms. The van der Waals surface area contributed by atoms with E-state index in [2.05, 4.69) is 28.6 Å². The van der Waals surface area contributed by atoms with E-state index in [9.17, 15) is 4.79 Å². The summed E-state index contributed by atoms with van der Waals surface area (Å²) >= 11 is 6.14. The second-order valence-corrected chi connectivity index (χ2v) is 7.55. The zero-order valence-electron chi connectivity index (χ0n) is 15.9. The standard InChI is InChI=1S/C22H24ClN3O2/c1-28-16-6-7-20-17(12-16)18(13-24-20)15-8-10-26(11-9-15)22(27)14-25-21-5-3-2-4-19(21)23/h2-7,12-13,15,24-25H,8-11,14H2,1H3. The Balaban J connectivity index is 1.37. The first-order valence-electron chi connectivity index (χ1n) is 9.57. The molecule has 0 aliphatic carbocycles. The number of H-pyrrole nitrogens is 1. The molecular formula is C22H24ClN3O2. The minimum Gasteiger partial charge on any atom is -0.497 e. The van der Waals surface area contributed by atoms with Crippen LogP contribution in [0.1, 0.15) is 24.3 Å². The van der Waals surface area contributed by atoms with Crippen LogP contribution in [-0.2, 0) is 4.79 Å². The maximum atomic E-state index is 12.6. The van der Waals surface area contributed by atoms with Gasteiger partial charge < -0.3 is 19.9 Å². The molecule has 1 fully saturated rings. The fourth-order valence-corrected chi connectivity index (χ4v) is 4.12. The van der Waals surface area contributed by atoms with Crippen LogP contribution in [0.15, 0.2) is 48.7 Å². The van der Waals surface area contributed by atoms with Crippen LogP contribution in [0, 0.1) is 0 Å². The summed E-state index contributed by atoms with van der Waals surface area (Å²) in [6.45, 7) is 1.80. The quantitative estimate of drug-likeness (QED) is 0.659. The van der Waals surface area contributed by atoms with Gasteiger partial charge >= 0.3 is 0 Å². The molecule has 0 bridgehead atoms. The number of fused-ring (bicyclic) bond motifs is 1. The van der Waals surface area contributed by atoms with Crippen molar-refractivity contribution in [1.29, 1.82) is 0 Å². The Morgan fingerprint density at radius 3 is 2.79 bits per heavy atom. The van der Waals surface area contributed by atoms with Crippen molar-refractivity contribution in [3.8, 4) is 5.75 Å². The first-order chi connectivity index (χ1) is 13.7. The Morgan fingerprint density at radius 1 is 1.25 bits per heavy atom. The number of anilines is 1. The summed E-state index contributed by atoms with van der Waals surface area (Å²) in [5, 5.41) is 4.98. The van der Waals surface area contributed by atoms with E-state index in [1.54, 1.807) is 7.11 Å². The van der Waals surface area contributed by atoms with Gasteiger partial charge in [0.05, 0.1) is 24.4 Å². The number of likely N-dealkylation sites (tertiary alicyclic amines) is 1. The monoisotopic (exact) mass is 397 g/mol. The van der Waals surface area contributed by atoms with Crippen molar-refractivity contribution in [1.82, 2.24) is 9.88 Å². The third kappa shape index (κ3) is 3.80. The van der Waals surface area contributed by atoms with Gasteiger partial charge in [0.2, 0.25) is 5.91 Å². The lowest BCUT2D eigenvalue weighted by atomic mass is 9.89. The summed E-state index contributed by atoms with van der Waals surface area (Å²) in [5.74, 6) is 1.42. The number of nitrogens with zero attached hydrogens (tertiary/aromatic N) is 1. The average Bonchev–Trinajstić information content (AvgIpc) is 3.16. The normalized spacial score (nSPS) is 15.0. The summed E-state index contributed by atoms with van der Waals surface area (Å²) < 4.78 is 5.37. The fourth-order valence-electron chi connectivity index (χ4n) is 3.91. The van der Waals surface area contributed by atoms with Crippen molar-refractivity contribution in [3.63, 3.8) is 0 Å². The van der Waals surface area contributed by atoms with Crippen molar-refractivity contribution in [2.45, 2.75) is 18.8 Å². The first-order valence-corrected chi connectivity index (χ1v) is 9.94. The van der Waals surface area contributed by atoms with Crippen LogP contribution in [-0.4, -0.2) is 42.5 Å². The number of rotatable bonds is 5. The lowest BCUT2D eigenvalue weighted by Gasteiger charge is -2.32. The van der Waals surface area contributed by atoms with Crippen LogP contribution < -0.4 is 10.1 Å². The molecular weight excluding hydrogens is 374 g/mol. The maximum Gasteiger partial charge on any atom is 0.241 e. The third-order valence-corrected chi connectivity index (χ3v) is 5.84. The number of carbonyl (C=O) groups is 1. The number of amides is 1. The van der Waals surface area contributed by atoms with E-state index in [4.69, 9.17) is 16.3 Å². The summed E-state index contributed by atoms with van der Waals surface area (Å²) in [7, 11) is 1.69. The molecule has 0 unspecified atom stereocenters. The highest BCUT2D eigenvalue weighted by Crippen LogP contribution is 2.34. The predicted octanol–water partition coefficient (Wildman–Crippen LogP) is 4.65. The Morgan fingerprint density at radius 2 is 2.04 bits per heavy atom. The Bertz CT molecular complexity index is 977. The van der Waals surface area contributed by atoms with Crippen molar-refractivity contribution >= 4 is 34.1 Å². The molecule has 0 spiro atoms. The number of carbonyl (C=O) groups excluding carboxylic acids is 1. The van der Waals surface area contributed by atoms with Gasteiger partial charge in [0, 0.05) is 30.2 Å². The summed E-state index contributed by atoms with van der Waals surface area (Å²) in [5.41, 5.74) is 3.23. The molecule has 1 saturated heterocycles. The lowest BCUT2D eigenvalue weighted by Crippen LogP contribution is -2.40. The minimum atomic E-state index is 0.110. The van der Waals surface area contributed by atoms with Crippen molar-refractivity contribution in [2.75, 3.05) is 32.1 Å². The molecule has 4 rings (SSSR count). The van der Waals surface area contributed by atoms with Crippen LogP contribution in [0.5, 0.6) is 5.75 Å². The van der Waals surface area contributed by atoms with Gasteiger partial charge in [-0.2, -0.15) is 0 Å². The molecule has 146 valence electrons. The molecule has 1 aliphatic rings. The van der Waals surface area contributed by atoms with E-state index in [0.717, 1.165) is 42.9 Å². The molecule has 2 N–H and O–H groups in total. The van der Waals surface area contributed by atoms with Gasteiger partial charge in [-0.05, 0) is 54.7 Å². The number of halogens is 1.